The lowest BCUT2D eigenvalue weighted by Gasteiger charge is -2.30. The van der Waals surface area contributed by atoms with Gasteiger partial charge in [0.25, 0.3) is 0 Å². The molecule has 172 valence electrons. The first kappa shape index (κ1) is 26.2. The summed E-state index contributed by atoms with van der Waals surface area (Å²) < 4.78 is 0. The molecule has 0 aromatic carbocycles. The number of thiol groups is 1. The number of aliphatic carboxylic acids is 1. The van der Waals surface area contributed by atoms with Crippen molar-refractivity contribution in [3.05, 3.63) is 0 Å². The molecule has 1 aliphatic heterocycles. The topological polar surface area (TPSA) is 142 Å². The highest BCUT2D eigenvalue weighted by Crippen LogP contribution is 2.20. The third-order valence-electron chi connectivity index (χ3n) is 5.47. The highest BCUT2D eigenvalue weighted by Gasteiger charge is 2.38. The fourth-order valence-electron chi connectivity index (χ4n) is 3.52. The average molecular weight is 445 g/mol. The molecule has 0 radical (unpaired) electrons. The van der Waals surface area contributed by atoms with E-state index in [9.17, 15) is 19.2 Å². The van der Waals surface area contributed by atoms with Crippen LogP contribution in [0.4, 0.5) is 0 Å². The first-order chi connectivity index (χ1) is 14.0. The van der Waals surface area contributed by atoms with Crippen molar-refractivity contribution in [3.8, 4) is 0 Å². The molecule has 5 unspecified atom stereocenters. The molecule has 0 aromatic rings. The number of hydrogen-bond donors (Lipinski definition) is 5. The first-order valence-electron chi connectivity index (χ1n) is 10.5. The van der Waals surface area contributed by atoms with Gasteiger partial charge in [0.05, 0.1) is 6.04 Å². The summed E-state index contributed by atoms with van der Waals surface area (Å²) in [5.41, 5.74) is 6.03. The van der Waals surface area contributed by atoms with Gasteiger partial charge in [-0.05, 0) is 31.1 Å². The molecule has 10 heteroatoms. The molecular weight excluding hydrogens is 408 g/mol. The molecule has 1 fully saturated rings. The highest BCUT2D eigenvalue weighted by molar-refractivity contribution is 7.80. The van der Waals surface area contributed by atoms with Gasteiger partial charge < -0.3 is 26.4 Å². The molecule has 0 saturated carbocycles. The first-order valence-corrected chi connectivity index (χ1v) is 11.2. The van der Waals surface area contributed by atoms with Crippen LogP contribution in [0.25, 0.3) is 0 Å². The standard InChI is InChI=1S/C20H36N4O5S/c1-5-12(4)16(18(26)22-14(10-30)20(28)29)23-17(25)15-7-6-8-24(15)19(27)13(21)9-11(2)3/h11-16,30H,5-10,21H2,1-4H3,(H,22,26)(H,23,25)(H,28,29). The zero-order valence-electron chi connectivity index (χ0n) is 18.3. The van der Waals surface area contributed by atoms with Gasteiger partial charge in [-0.1, -0.05) is 34.1 Å². The molecule has 3 amide bonds. The van der Waals surface area contributed by atoms with E-state index in [4.69, 9.17) is 10.8 Å². The van der Waals surface area contributed by atoms with Gasteiger partial charge in [0.15, 0.2) is 0 Å². The van der Waals surface area contributed by atoms with E-state index in [-0.39, 0.29) is 23.5 Å². The summed E-state index contributed by atoms with van der Waals surface area (Å²) in [6.07, 6.45) is 2.31. The second-order valence-corrected chi connectivity index (χ2v) is 8.74. The van der Waals surface area contributed by atoms with E-state index in [1.807, 2.05) is 20.8 Å². The molecule has 1 saturated heterocycles. The van der Waals surface area contributed by atoms with Gasteiger partial charge in [0, 0.05) is 12.3 Å². The number of hydrogen-bond acceptors (Lipinski definition) is 6. The van der Waals surface area contributed by atoms with Crippen LogP contribution in [0.2, 0.25) is 0 Å². The molecule has 0 bridgehead atoms. The van der Waals surface area contributed by atoms with Gasteiger partial charge in [-0.15, -0.1) is 0 Å². The number of amides is 3. The molecule has 0 spiro atoms. The quantitative estimate of drug-likeness (QED) is 0.292. The van der Waals surface area contributed by atoms with E-state index in [1.165, 1.54) is 4.90 Å². The minimum Gasteiger partial charge on any atom is -0.480 e. The van der Waals surface area contributed by atoms with Crippen LogP contribution in [0.1, 0.15) is 53.4 Å². The zero-order chi connectivity index (χ0) is 23.0. The summed E-state index contributed by atoms with van der Waals surface area (Å²) >= 11 is 3.95. The minimum absolute atomic E-state index is 0.0686. The normalized spacial score (nSPS) is 20.4. The Morgan fingerprint density at radius 2 is 1.83 bits per heavy atom. The number of carbonyl (C=O) groups excluding carboxylic acids is 3. The van der Waals surface area contributed by atoms with Gasteiger partial charge in [0.2, 0.25) is 17.7 Å². The molecule has 0 aliphatic carbocycles. The van der Waals surface area contributed by atoms with Crippen molar-refractivity contribution >= 4 is 36.3 Å². The molecule has 1 aliphatic rings. The summed E-state index contributed by atoms with van der Waals surface area (Å²) in [4.78, 5) is 51.1. The summed E-state index contributed by atoms with van der Waals surface area (Å²) in [5, 5.41) is 14.3. The predicted molar refractivity (Wildman–Crippen MR) is 117 cm³/mol. The van der Waals surface area contributed by atoms with Crippen LogP contribution < -0.4 is 16.4 Å². The molecule has 9 nitrogen and oxygen atoms in total. The molecule has 30 heavy (non-hydrogen) atoms. The average Bonchev–Trinajstić information content (AvgIpc) is 3.17. The van der Waals surface area contributed by atoms with Crippen LogP contribution in [0.3, 0.4) is 0 Å². The fraction of sp³-hybridized carbons (Fsp3) is 0.800. The van der Waals surface area contributed by atoms with E-state index in [1.54, 1.807) is 6.92 Å². The number of carboxylic acid groups (broad SMARTS) is 1. The largest absolute Gasteiger partial charge is 0.480 e. The monoisotopic (exact) mass is 444 g/mol. The zero-order valence-corrected chi connectivity index (χ0v) is 19.2. The number of nitrogens with one attached hydrogen (secondary N) is 2. The Bertz CT molecular complexity index is 630. The van der Waals surface area contributed by atoms with Crippen molar-refractivity contribution in [2.24, 2.45) is 17.6 Å². The number of carboxylic acids is 1. The van der Waals surface area contributed by atoms with Crippen molar-refractivity contribution in [3.63, 3.8) is 0 Å². The number of carbonyl (C=O) groups is 4. The van der Waals surface area contributed by atoms with Crippen LogP contribution in [-0.4, -0.2) is 70.2 Å². The Balaban J connectivity index is 2.91. The van der Waals surface area contributed by atoms with Gasteiger partial charge in [-0.3, -0.25) is 14.4 Å². The number of nitrogens with two attached hydrogens (primary N) is 1. The maximum absolute atomic E-state index is 13.0. The van der Waals surface area contributed by atoms with Gasteiger partial charge in [-0.2, -0.15) is 12.6 Å². The minimum atomic E-state index is -1.20. The fourth-order valence-corrected chi connectivity index (χ4v) is 3.77. The summed E-state index contributed by atoms with van der Waals surface area (Å²) in [7, 11) is 0. The molecule has 5 atom stereocenters. The van der Waals surface area contributed by atoms with Crippen LogP contribution in [0.15, 0.2) is 0 Å². The lowest BCUT2D eigenvalue weighted by atomic mass is 9.97. The van der Waals surface area contributed by atoms with E-state index in [0.717, 1.165) is 0 Å². The second kappa shape index (κ2) is 12.1. The van der Waals surface area contributed by atoms with E-state index < -0.39 is 42.0 Å². The van der Waals surface area contributed by atoms with Gasteiger partial charge in [-0.25, -0.2) is 4.79 Å². The predicted octanol–water partition coefficient (Wildman–Crippen LogP) is 0.381. The van der Waals surface area contributed by atoms with E-state index >= 15 is 0 Å². The van der Waals surface area contributed by atoms with Crippen molar-refractivity contribution in [2.45, 2.75) is 77.5 Å². The third-order valence-corrected chi connectivity index (χ3v) is 5.84. The summed E-state index contributed by atoms with van der Waals surface area (Å²) in [6, 6.07) is -3.41. The highest BCUT2D eigenvalue weighted by atomic mass is 32.1. The summed E-state index contributed by atoms with van der Waals surface area (Å²) in [5.74, 6) is -2.49. The third kappa shape index (κ3) is 7.16. The molecule has 0 aromatic heterocycles. The van der Waals surface area contributed by atoms with Gasteiger partial charge in [0.1, 0.15) is 18.1 Å². The Morgan fingerprint density at radius 1 is 1.20 bits per heavy atom. The van der Waals surface area contributed by atoms with Crippen LogP contribution in [0.5, 0.6) is 0 Å². The Morgan fingerprint density at radius 3 is 2.33 bits per heavy atom. The van der Waals surface area contributed by atoms with Crippen molar-refractivity contribution in [2.75, 3.05) is 12.3 Å². The second-order valence-electron chi connectivity index (χ2n) is 8.38. The Kier molecular flexibility index (Phi) is 10.6. The molecule has 1 rings (SSSR count). The van der Waals surface area contributed by atoms with E-state index in [2.05, 4.69) is 23.3 Å². The Labute approximate surface area is 183 Å². The molecular formula is C20H36N4O5S. The smallest absolute Gasteiger partial charge is 0.327 e. The SMILES string of the molecule is CCC(C)C(NC(=O)C1CCCN1C(=O)C(N)CC(C)C)C(=O)NC(CS)C(=O)O. The molecule has 1 heterocycles. The maximum Gasteiger partial charge on any atom is 0.327 e. The Hall–Kier alpha value is -1.81. The molecule has 5 N–H and O–H groups in total. The van der Waals surface area contributed by atoms with Crippen molar-refractivity contribution < 1.29 is 24.3 Å². The lowest BCUT2D eigenvalue weighted by molar-refractivity contribution is -0.143. The van der Waals surface area contributed by atoms with Crippen LogP contribution in [0, 0.1) is 11.8 Å². The van der Waals surface area contributed by atoms with Gasteiger partial charge >= 0.3 is 5.97 Å². The number of likely N-dealkylation sites (tertiary alicyclic amines) is 1. The van der Waals surface area contributed by atoms with Crippen molar-refractivity contribution in [1.29, 1.82) is 0 Å². The van der Waals surface area contributed by atoms with E-state index in [0.29, 0.717) is 32.2 Å². The van der Waals surface area contributed by atoms with Crippen LogP contribution >= 0.6 is 12.6 Å². The number of rotatable bonds is 11. The lowest BCUT2D eigenvalue weighted by Crippen LogP contribution is -2.58. The summed E-state index contributed by atoms with van der Waals surface area (Å²) in [6.45, 7) is 8.08. The van der Waals surface area contributed by atoms with Crippen molar-refractivity contribution in [1.82, 2.24) is 15.5 Å². The van der Waals surface area contributed by atoms with Crippen LogP contribution in [-0.2, 0) is 19.2 Å². The number of nitrogens with zero attached hydrogens (tertiary/aromatic N) is 1. The maximum atomic E-state index is 13.0.